The van der Waals surface area contributed by atoms with Crippen molar-refractivity contribution in [1.29, 1.82) is 0 Å². The van der Waals surface area contributed by atoms with Crippen molar-refractivity contribution in [3.05, 3.63) is 0 Å². The Hall–Kier alpha value is -0.930. The second-order valence-electron chi connectivity index (χ2n) is 3.39. The summed E-state index contributed by atoms with van der Waals surface area (Å²) < 4.78 is 17.0. The molecule has 0 unspecified atom stereocenters. The van der Waals surface area contributed by atoms with Crippen LogP contribution in [0.5, 0.6) is 0 Å². The summed E-state index contributed by atoms with van der Waals surface area (Å²) in [6.45, 7) is 4.61. The van der Waals surface area contributed by atoms with Crippen molar-refractivity contribution < 1.29 is 18.7 Å². The first kappa shape index (κ1) is 12.1. The molecule has 0 rings (SSSR count). The van der Waals surface area contributed by atoms with Gasteiger partial charge in [-0.05, 0) is 20.3 Å². The third-order valence-corrected chi connectivity index (χ3v) is 1.73. The minimum absolute atomic E-state index is 0.242. The van der Waals surface area contributed by atoms with Crippen LogP contribution >= 0.6 is 0 Å². The quantitative estimate of drug-likeness (QED) is 0.287. The van der Waals surface area contributed by atoms with Crippen LogP contribution in [-0.4, -0.2) is 18.6 Å². The normalized spacial score (nSPS) is 11.1. The molecule has 0 fully saturated rings. The summed E-state index contributed by atoms with van der Waals surface area (Å²) in [6.07, 6.45) is 1.61. The summed E-state index contributed by atoms with van der Waals surface area (Å²) in [7, 11) is 0. The number of hydrogen-bond acceptors (Lipinski definition) is 3. The second kappa shape index (κ2) is 4.94. The molecule has 0 aromatic carbocycles. The molecule has 0 aromatic rings. The first-order valence-electron chi connectivity index (χ1n) is 4.30. The molecule has 0 radical (unpaired) electrons. The highest BCUT2D eigenvalue weighted by Gasteiger charge is 2.37. The van der Waals surface area contributed by atoms with Crippen molar-refractivity contribution in [2.75, 3.05) is 6.61 Å². The average Bonchev–Trinajstić information content (AvgIpc) is 2.04. The smallest absolute Gasteiger partial charge is 0.321 e. The molecule has 0 bridgehead atoms. The maximum atomic E-state index is 12.3. The zero-order valence-electron chi connectivity index (χ0n) is 8.22. The van der Waals surface area contributed by atoms with Crippen LogP contribution < -0.4 is 0 Å². The molecule has 0 spiro atoms. The van der Waals surface area contributed by atoms with Crippen molar-refractivity contribution in [2.45, 2.75) is 33.6 Å². The molecule has 4 heteroatoms. The Morgan fingerprint density at radius 3 is 2.31 bits per heavy atom. The molecule has 0 saturated heterocycles. The lowest BCUT2D eigenvalue weighted by molar-refractivity contribution is -0.162. The lowest BCUT2D eigenvalue weighted by atomic mass is 9.95. The molecule has 3 nitrogen and oxygen atoms in total. The first-order valence-corrected chi connectivity index (χ1v) is 4.30. The van der Waals surface area contributed by atoms with Crippen LogP contribution in [-0.2, 0) is 14.3 Å². The third kappa shape index (κ3) is 3.53. The summed E-state index contributed by atoms with van der Waals surface area (Å²) in [5.74, 6) is -0.798. The van der Waals surface area contributed by atoms with Gasteiger partial charge in [0.05, 0.1) is 6.61 Å². The number of unbranched alkanes of at least 4 members (excludes halogenated alkanes) is 1. The van der Waals surface area contributed by atoms with Gasteiger partial charge in [0.15, 0.2) is 5.41 Å². The van der Waals surface area contributed by atoms with Crippen molar-refractivity contribution >= 4 is 12.0 Å². The third-order valence-electron chi connectivity index (χ3n) is 1.73. The molecule has 0 N–H and O–H groups in total. The van der Waals surface area contributed by atoms with Crippen LogP contribution in [0.4, 0.5) is 4.39 Å². The van der Waals surface area contributed by atoms with E-state index in [2.05, 4.69) is 0 Å². The van der Waals surface area contributed by atoms with E-state index < -0.39 is 17.4 Å². The first-order chi connectivity index (χ1) is 5.92. The highest BCUT2D eigenvalue weighted by Crippen LogP contribution is 2.19. The van der Waals surface area contributed by atoms with Crippen LogP contribution in [0.2, 0.25) is 0 Å². The monoisotopic (exact) mass is 190 g/mol. The number of esters is 1. The topological polar surface area (TPSA) is 43.4 Å². The number of halogens is 1. The van der Waals surface area contributed by atoms with E-state index in [9.17, 15) is 14.0 Å². The highest BCUT2D eigenvalue weighted by atomic mass is 19.1. The summed E-state index contributed by atoms with van der Waals surface area (Å²) in [5, 5.41) is 0. The number of carbonyl (C=O) groups is 2. The van der Waals surface area contributed by atoms with Gasteiger partial charge in [-0.3, -0.25) is 9.59 Å². The van der Waals surface area contributed by atoms with Crippen LogP contribution in [0.3, 0.4) is 0 Å². The van der Waals surface area contributed by atoms with Crippen LogP contribution in [0.25, 0.3) is 0 Å². The summed E-state index contributed by atoms with van der Waals surface area (Å²) >= 11 is 0. The molecule has 0 aromatic heterocycles. The number of ether oxygens (including phenoxy) is 1. The van der Waals surface area contributed by atoms with Gasteiger partial charge in [0, 0.05) is 0 Å². The zero-order chi connectivity index (χ0) is 10.5. The van der Waals surface area contributed by atoms with Gasteiger partial charge in [0.1, 0.15) is 0 Å². The minimum Gasteiger partial charge on any atom is -0.465 e. The van der Waals surface area contributed by atoms with Crippen LogP contribution in [0, 0.1) is 5.41 Å². The van der Waals surface area contributed by atoms with Gasteiger partial charge in [0.2, 0.25) is 0 Å². The molecule has 0 aliphatic heterocycles. The fourth-order valence-corrected chi connectivity index (χ4v) is 0.570. The Bertz CT molecular complexity index is 199. The van der Waals surface area contributed by atoms with Gasteiger partial charge in [-0.15, -0.1) is 0 Å². The van der Waals surface area contributed by atoms with E-state index in [1.54, 1.807) is 0 Å². The maximum Gasteiger partial charge on any atom is 0.321 e. The molecular formula is C9H15FO3. The van der Waals surface area contributed by atoms with Crippen molar-refractivity contribution in [3.8, 4) is 0 Å². The molecule has 0 heterocycles. The Morgan fingerprint density at radius 1 is 1.38 bits per heavy atom. The van der Waals surface area contributed by atoms with E-state index in [0.29, 0.717) is 0 Å². The lowest BCUT2D eigenvalue weighted by Gasteiger charge is -2.16. The van der Waals surface area contributed by atoms with E-state index in [4.69, 9.17) is 4.74 Å². The van der Waals surface area contributed by atoms with E-state index in [1.165, 1.54) is 13.8 Å². The molecule has 0 aliphatic carbocycles. The molecular weight excluding hydrogens is 175 g/mol. The Labute approximate surface area is 77.3 Å². The zero-order valence-corrected chi connectivity index (χ0v) is 8.22. The molecule has 0 aliphatic rings. The molecule has 13 heavy (non-hydrogen) atoms. The maximum absolute atomic E-state index is 12.3. The summed E-state index contributed by atoms with van der Waals surface area (Å²) in [4.78, 5) is 21.5. The summed E-state index contributed by atoms with van der Waals surface area (Å²) in [5.41, 5.74) is -1.66. The fraction of sp³-hybridized carbons (Fsp3) is 0.778. The SMILES string of the molecule is CCCCOC(=O)C(C)(C)C(=O)F. The van der Waals surface area contributed by atoms with Crippen molar-refractivity contribution in [1.82, 2.24) is 0 Å². The highest BCUT2D eigenvalue weighted by molar-refractivity contribution is 5.98. The van der Waals surface area contributed by atoms with Gasteiger partial charge in [0.25, 0.3) is 0 Å². The van der Waals surface area contributed by atoms with E-state index in [1.807, 2.05) is 6.92 Å². The molecule has 76 valence electrons. The van der Waals surface area contributed by atoms with Gasteiger partial charge in [-0.2, -0.15) is 4.39 Å². The second-order valence-corrected chi connectivity index (χ2v) is 3.39. The van der Waals surface area contributed by atoms with Gasteiger partial charge >= 0.3 is 12.0 Å². The predicted octanol–water partition coefficient (Wildman–Crippen LogP) is 1.85. The number of carbonyl (C=O) groups excluding carboxylic acids is 2. The largest absolute Gasteiger partial charge is 0.465 e. The van der Waals surface area contributed by atoms with Gasteiger partial charge in [-0.1, -0.05) is 13.3 Å². The predicted molar refractivity (Wildman–Crippen MR) is 45.8 cm³/mol. The Kier molecular flexibility index (Phi) is 4.59. The van der Waals surface area contributed by atoms with Crippen molar-refractivity contribution in [3.63, 3.8) is 0 Å². The van der Waals surface area contributed by atoms with E-state index in [0.717, 1.165) is 12.8 Å². The number of rotatable bonds is 5. The minimum atomic E-state index is -1.66. The van der Waals surface area contributed by atoms with Gasteiger partial charge < -0.3 is 4.74 Å². The molecule has 0 amide bonds. The average molecular weight is 190 g/mol. The Balaban J connectivity index is 4.03. The molecule has 0 saturated carbocycles. The standard InChI is InChI=1S/C9H15FO3/c1-4-5-6-13-8(12)9(2,3)7(10)11/h4-6H2,1-3H3. The summed E-state index contributed by atoms with van der Waals surface area (Å²) in [6, 6.07) is -1.66. The van der Waals surface area contributed by atoms with Gasteiger partial charge in [-0.25, -0.2) is 0 Å². The van der Waals surface area contributed by atoms with Crippen LogP contribution in [0.15, 0.2) is 0 Å². The van der Waals surface area contributed by atoms with E-state index >= 15 is 0 Å². The van der Waals surface area contributed by atoms with Crippen LogP contribution in [0.1, 0.15) is 33.6 Å². The molecule has 0 atom stereocenters. The van der Waals surface area contributed by atoms with E-state index in [-0.39, 0.29) is 6.61 Å². The fourth-order valence-electron chi connectivity index (χ4n) is 0.570. The Morgan fingerprint density at radius 2 is 1.92 bits per heavy atom. The lowest BCUT2D eigenvalue weighted by Crippen LogP contribution is -2.32. The number of hydrogen-bond donors (Lipinski definition) is 0. The van der Waals surface area contributed by atoms with Crippen molar-refractivity contribution in [2.24, 2.45) is 5.41 Å².